The van der Waals surface area contributed by atoms with E-state index in [1.54, 1.807) is 0 Å². The third kappa shape index (κ3) is 12.3. The molecule has 1 aliphatic carbocycles. The highest BCUT2D eigenvalue weighted by atomic mass is 16.4. The number of rotatable bonds is 22. The molecule has 0 amide bonds. The van der Waals surface area contributed by atoms with Gasteiger partial charge < -0.3 is 5.11 Å². The lowest BCUT2D eigenvalue weighted by molar-refractivity contribution is -0.148. The number of carboxylic acid groups (broad SMARTS) is 1. The monoisotopic (exact) mass is 460 g/mol. The van der Waals surface area contributed by atoms with Gasteiger partial charge in [-0.25, -0.2) is 0 Å². The number of carboxylic acids is 1. The van der Waals surface area contributed by atoms with Crippen molar-refractivity contribution in [2.75, 3.05) is 0 Å². The molecule has 0 spiro atoms. The van der Waals surface area contributed by atoms with Gasteiger partial charge in [-0.2, -0.15) is 0 Å². The Morgan fingerprint density at radius 1 is 0.727 bits per heavy atom. The van der Waals surface area contributed by atoms with Gasteiger partial charge in [0.05, 0.1) is 5.41 Å². The van der Waals surface area contributed by atoms with Gasteiger partial charge in [0.15, 0.2) is 0 Å². The maximum absolute atomic E-state index is 12.6. The molecule has 2 unspecified atom stereocenters. The predicted molar refractivity (Wildman–Crippen MR) is 145 cm³/mol. The van der Waals surface area contributed by atoms with Crippen LogP contribution in [0, 0.1) is 11.3 Å². The summed E-state index contributed by atoms with van der Waals surface area (Å²) >= 11 is 0. The molecule has 0 aromatic heterocycles. The number of unbranched alkanes of at least 4 members (excludes halogenated alkanes) is 15. The van der Waals surface area contributed by atoms with Crippen LogP contribution in [0.2, 0.25) is 0 Å². The highest BCUT2D eigenvalue weighted by Crippen LogP contribution is 2.44. The molecule has 0 fully saturated rings. The van der Waals surface area contributed by atoms with Crippen molar-refractivity contribution in [2.45, 2.75) is 156 Å². The lowest BCUT2D eigenvalue weighted by Gasteiger charge is -2.36. The van der Waals surface area contributed by atoms with Crippen LogP contribution in [0.15, 0.2) is 23.8 Å². The van der Waals surface area contributed by atoms with Crippen molar-refractivity contribution in [3.05, 3.63) is 23.8 Å². The zero-order valence-corrected chi connectivity index (χ0v) is 22.5. The first-order valence-electron chi connectivity index (χ1n) is 14.7. The molecule has 0 radical (unpaired) electrons. The maximum Gasteiger partial charge on any atom is 0.314 e. The van der Waals surface area contributed by atoms with Crippen LogP contribution in [-0.4, -0.2) is 11.1 Å². The van der Waals surface area contributed by atoms with Crippen molar-refractivity contribution in [3.63, 3.8) is 0 Å². The Kier molecular flexibility index (Phi) is 17.5. The SMILES string of the molecule is CCCCCCCCC1=CC(CCCCCCCC)C(CCCCCCCC)(C(=O)O)C=C1. The Labute approximate surface area is 206 Å². The molecule has 0 saturated carbocycles. The molecule has 1 rings (SSSR count). The third-order valence-corrected chi connectivity index (χ3v) is 7.70. The van der Waals surface area contributed by atoms with E-state index in [4.69, 9.17) is 0 Å². The Hall–Kier alpha value is -1.05. The first-order valence-corrected chi connectivity index (χ1v) is 14.7. The number of aliphatic carboxylic acids is 1. The second-order valence-electron chi connectivity index (χ2n) is 10.6. The highest BCUT2D eigenvalue weighted by molar-refractivity contribution is 5.78. The molecule has 0 heterocycles. The standard InChI is InChI=1S/C31H56O2/c1-4-7-10-13-16-19-22-28-24-26-31(30(32)33,25-21-18-15-12-9-6-3)29(27-28)23-20-17-14-11-8-5-2/h24,26-27,29H,4-23,25H2,1-3H3,(H,32,33). The minimum absolute atomic E-state index is 0.164. The fraction of sp³-hybridized carbons (Fsp3) is 0.839. The summed E-state index contributed by atoms with van der Waals surface area (Å²) in [6.45, 7) is 6.77. The van der Waals surface area contributed by atoms with Crippen molar-refractivity contribution in [2.24, 2.45) is 11.3 Å². The van der Waals surface area contributed by atoms with E-state index in [-0.39, 0.29) is 5.92 Å². The van der Waals surface area contributed by atoms with Gasteiger partial charge in [-0.15, -0.1) is 0 Å². The van der Waals surface area contributed by atoms with Gasteiger partial charge in [-0.05, 0) is 31.6 Å². The summed E-state index contributed by atoms with van der Waals surface area (Å²) in [5, 5.41) is 10.4. The molecular weight excluding hydrogens is 404 g/mol. The van der Waals surface area contributed by atoms with E-state index in [9.17, 15) is 9.90 Å². The lowest BCUT2D eigenvalue weighted by Crippen LogP contribution is -2.38. The summed E-state index contributed by atoms with van der Waals surface area (Å²) in [7, 11) is 0. The molecule has 0 aromatic rings. The molecule has 0 saturated heterocycles. The second kappa shape index (κ2) is 19.3. The summed E-state index contributed by atoms with van der Waals surface area (Å²) < 4.78 is 0. The van der Waals surface area contributed by atoms with Crippen LogP contribution in [0.1, 0.15) is 156 Å². The highest BCUT2D eigenvalue weighted by Gasteiger charge is 2.43. The van der Waals surface area contributed by atoms with E-state index in [1.807, 2.05) is 0 Å². The smallest absolute Gasteiger partial charge is 0.314 e. The van der Waals surface area contributed by atoms with Gasteiger partial charge in [-0.1, -0.05) is 154 Å². The molecular formula is C31H56O2. The summed E-state index contributed by atoms with van der Waals surface area (Å²) in [4.78, 5) is 12.6. The average Bonchev–Trinajstić information content (AvgIpc) is 2.81. The molecule has 1 aliphatic rings. The fourth-order valence-electron chi connectivity index (χ4n) is 5.41. The van der Waals surface area contributed by atoms with Crippen LogP contribution >= 0.6 is 0 Å². The first kappa shape index (κ1) is 30.0. The second-order valence-corrected chi connectivity index (χ2v) is 10.6. The van der Waals surface area contributed by atoms with Crippen LogP contribution in [0.5, 0.6) is 0 Å². The quantitative estimate of drug-likeness (QED) is 0.163. The fourth-order valence-corrected chi connectivity index (χ4v) is 5.41. The molecule has 0 aromatic carbocycles. The Morgan fingerprint density at radius 3 is 1.76 bits per heavy atom. The van der Waals surface area contributed by atoms with Crippen LogP contribution < -0.4 is 0 Å². The first-order chi connectivity index (χ1) is 16.1. The normalized spacial score (nSPS) is 20.2. The van der Waals surface area contributed by atoms with E-state index in [1.165, 1.54) is 108 Å². The minimum atomic E-state index is -0.682. The number of hydrogen-bond donors (Lipinski definition) is 1. The van der Waals surface area contributed by atoms with Gasteiger partial charge in [-0.3, -0.25) is 4.79 Å². The van der Waals surface area contributed by atoms with E-state index in [0.29, 0.717) is 0 Å². The average molecular weight is 461 g/mol. The Morgan fingerprint density at radius 2 is 1.21 bits per heavy atom. The van der Waals surface area contributed by atoms with Gasteiger partial charge in [0.25, 0.3) is 0 Å². The lowest BCUT2D eigenvalue weighted by atomic mass is 9.66. The molecule has 1 N–H and O–H groups in total. The largest absolute Gasteiger partial charge is 0.481 e. The number of hydrogen-bond acceptors (Lipinski definition) is 1. The zero-order valence-electron chi connectivity index (χ0n) is 22.5. The zero-order chi connectivity index (χ0) is 24.2. The van der Waals surface area contributed by atoms with E-state index < -0.39 is 11.4 Å². The molecule has 2 atom stereocenters. The minimum Gasteiger partial charge on any atom is -0.481 e. The summed E-state index contributed by atoms with van der Waals surface area (Å²) in [6, 6.07) is 0. The number of allylic oxidation sites excluding steroid dienone is 3. The number of carbonyl (C=O) groups is 1. The van der Waals surface area contributed by atoms with Gasteiger partial charge in [0.1, 0.15) is 0 Å². The molecule has 0 aliphatic heterocycles. The van der Waals surface area contributed by atoms with Crippen molar-refractivity contribution >= 4 is 5.97 Å². The molecule has 2 heteroatoms. The summed E-state index contributed by atoms with van der Waals surface area (Å²) in [5.41, 5.74) is 0.708. The van der Waals surface area contributed by atoms with E-state index in [0.717, 1.165) is 32.1 Å². The van der Waals surface area contributed by atoms with Crippen molar-refractivity contribution in [3.8, 4) is 0 Å². The van der Waals surface area contributed by atoms with Gasteiger partial charge in [0.2, 0.25) is 0 Å². The van der Waals surface area contributed by atoms with Crippen molar-refractivity contribution < 1.29 is 9.90 Å². The molecule has 33 heavy (non-hydrogen) atoms. The van der Waals surface area contributed by atoms with E-state index in [2.05, 4.69) is 39.0 Å². The topological polar surface area (TPSA) is 37.3 Å². The molecule has 2 nitrogen and oxygen atoms in total. The Balaban J connectivity index is 2.70. The van der Waals surface area contributed by atoms with Crippen LogP contribution in [0.25, 0.3) is 0 Å². The van der Waals surface area contributed by atoms with Crippen LogP contribution in [0.3, 0.4) is 0 Å². The predicted octanol–water partition coefficient (Wildman–Crippen LogP) is 10.4. The van der Waals surface area contributed by atoms with Crippen molar-refractivity contribution in [1.29, 1.82) is 0 Å². The molecule has 192 valence electrons. The van der Waals surface area contributed by atoms with E-state index >= 15 is 0 Å². The maximum atomic E-state index is 12.6. The van der Waals surface area contributed by atoms with Crippen molar-refractivity contribution in [1.82, 2.24) is 0 Å². The van der Waals surface area contributed by atoms with Crippen LogP contribution in [0.4, 0.5) is 0 Å². The van der Waals surface area contributed by atoms with Gasteiger partial charge >= 0.3 is 5.97 Å². The van der Waals surface area contributed by atoms with Crippen LogP contribution in [-0.2, 0) is 4.79 Å². The summed E-state index contributed by atoms with van der Waals surface area (Å²) in [5.74, 6) is -0.435. The third-order valence-electron chi connectivity index (χ3n) is 7.70. The van der Waals surface area contributed by atoms with Gasteiger partial charge in [0, 0.05) is 0 Å². The Bertz CT molecular complexity index is 547. The summed E-state index contributed by atoms with van der Waals surface area (Å²) in [6.07, 6.45) is 32.4. The molecule has 0 bridgehead atoms.